The Morgan fingerprint density at radius 1 is 0.968 bits per heavy atom. The lowest BCUT2D eigenvalue weighted by atomic mass is 10.1. The molecule has 164 valence electrons. The average molecular weight is 505 g/mol. The summed E-state index contributed by atoms with van der Waals surface area (Å²) in [5, 5.41) is 8.52. The van der Waals surface area contributed by atoms with Crippen LogP contribution in [-0.4, -0.2) is 22.1 Å². The van der Waals surface area contributed by atoms with Crippen molar-refractivity contribution in [3.8, 4) is 11.5 Å². The van der Waals surface area contributed by atoms with Crippen molar-refractivity contribution in [2.45, 2.75) is 24.5 Å². The van der Waals surface area contributed by atoms with E-state index in [1.165, 1.54) is 12.1 Å². The number of nitrogens with two attached hydrogens (primary N) is 1. The summed E-state index contributed by atoms with van der Waals surface area (Å²) in [6.07, 6.45) is 0.762. The zero-order valence-electron chi connectivity index (χ0n) is 17.2. The number of rotatable bonds is 10. The molecule has 0 heterocycles. The number of hydrogen-bond donors (Lipinski definition) is 2. The van der Waals surface area contributed by atoms with E-state index in [0.717, 1.165) is 34.1 Å². The highest BCUT2D eigenvalue weighted by Crippen LogP contribution is 2.34. The number of benzene rings is 3. The van der Waals surface area contributed by atoms with E-state index in [1.54, 1.807) is 19.2 Å². The van der Waals surface area contributed by atoms with Crippen molar-refractivity contribution in [3.63, 3.8) is 0 Å². The molecule has 0 aromatic heterocycles. The molecule has 0 spiro atoms. The third-order valence-electron chi connectivity index (χ3n) is 4.73. The first-order valence-corrected chi connectivity index (χ1v) is 12.1. The Kier molecular flexibility index (Phi) is 8.09. The van der Waals surface area contributed by atoms with Crippen LogP contribution in [0.2, 0.25) is 0 Å². The first-order chi connectivity index (χ1) is 14.9. The summed E-state index contributed by atoms with van der Waals surface area (Å²) < 4.78 is 35.0. The lowest BCUT2D eigenvalue weighted by Gasteiger charge is -2.14. The molecule has 0 atom stereocenters. The molecule has 31 heavy (non-hydrogen) atoms. The van der Waals surface area contributed by atoms with Gasteiger partial charge in [-0.05, 0) is 53.9 Å². The fourth-order valence-electron chi connectivity index (χ4n) is 3.02. The number of hydrogen-bond acceptors (Lipinski definition) is 5. The van der Waals surface area contributed by atoms with Crippen LogP contribution < -0.4 is 19.9 Å². The molecule has 0 aliphatic heterocycles. The summed E-state index contributed by atoms with van der Waals surface area (Å²) in [7, 11) is -2.03. The first kappa shape index (κ1) is 23.3. The normalized spacial score (nSPS) is 11.3. The molecule has 6 nitrogen and oxygen atoms in total. The van der Waals surface area contributed by atoms with Gasteiger partial charge in [-0.3, -0.25) is 0 Å². The number of halogens is 1. The van der Waals surface area contributed by atoms with Gasteiger partial charge in [-0.2, -0.15) is 0 Å². The maximum absolute atomic E-state index is 11.3. The number of nitrogens with one attached hydrogen (secondary N) is 1. The summed E-state index contributed by atoms with van der Waals surface area (Å²) in [6, 6.07) is 20.5. The summed E-state index contributed by atoms with van der Waals surface area (Å²) >= 11 is 3.62. The summed E-state index contributed by atoms with van der Waals surface area (Å²) in [6.45, 7) is 1.84. The zero-order valence-corrected chi connectivity index (χ0v) is 19.6. The topological polar surface area (TPSA) is 90.6 Å². The standard InChI is InChI=1S/C23H25BrN2O4S/c1-29-22-13-19(21(24)14-23(22)30-16-18-5-3-2-4-6-18)15-26-12-11-17-7-9-20(10-8-17)31(25,27)28/h2-10,13-14,26H,11-12,15-16H2,1H3,(H2,25,27,28). The molecule has 0 bridgehead atoms. The fourth-order valence-corrected chi connectivity index (χ4v) is 4.00. The Balaban J connectivity index is 1.55. The molecule has 0 radical (unpaired) electrons. The van der Waals surface area contributed by atoms with E-state index in [1.807, 2.05) is 42.5 Å². The van der Waals surface area contributed by atoms with E-state index in [-0.39, 0.29) is 4.90 Å². The van der Waals surface area contributed by atoms with Crippen molar-refractivity contribution in [3.05, 3.63) is 87.9 Å². The fraction of sp³-hybridized carbons (Fsp3) is 0.217. The van der Waals surface area contributed by atoms with E-state index in [2.05, 4.69) is 21.2 Å². The van der Waals surface area contributed by atoms with Gasteiger partial charge in [0.1, 0.15) is 6.61 Å². The predicted molar refractivity (Wildman–Crippen MR) is 125 cm³/mol. The molecule has 3 aromatic rings. The van der Waals surface area contributed by atoms with Crippen LogP contribution >= 0.6 is 15.9 Å². The quantitative estimate of drug-likeness (QED) is 0.407. The van der Waals surface area contributed by atoms with Crippen molar-refractivity contribution in [1.82, 2.24) is 5.32 Å². The lowest BCUT2D eigenvalue weighted by molar-refractivity contribution is 0.284. The van der Waals surface area contributed by atoms with E-state index in [4.69, 9.17) is 14.6 Å². The van der Waals surface area contributed by atoms with Crippen LogP contribution in [0.25, 0.3) is 0 Å². The Bertz CT molecular complexity index is 1100. The Morgan fingerprint density at radius 2 is 1.68 bits per heavy atom. The van der Waals surface area contributed by atoms with Gasteiger partial charge in [-0.1, -0.05) is 58.4 Å². The molecule has 8 heteroatoms. The maximum Gasteiger partial charge on any atom is 0.238 e. The van der Waals surface area contributed by atoms with Gasteiger partial charge < -0.3 is 14.8 Å². The van der Waals surface area contributed by atoms with Gasteiger partial charge in [0.05, 0.1) is 12.0 Å². The van der Waals surface area contributed by atoms with Crippen molar-refractivity contribution >= 4 is 26.0 Å². The van der Waals surface area contributed by atoms with Crippen LogP contribution in [0.15, 0.2) is 76.1 Å². The first-order valence-electron chi connectivity index (χ1n) is 9.72. The van der Waals surface area contributed by atoms with Gasteiger partial charge in [-0.25, -0.2) is 13.6 Å². The number of methoxy groups -OCH3 is 1. The minimum absolute atomic E-state index is 0.120. The van der Waals surface area contributed by atoms with Crippen LogP contribution in [0.5, 0.6) is 11.5 Å². The molecular weight excluding hydrogens is 480 g/mol. The highest BCUT2D eigenvalue weighted by Gasteiger charge is 2.11. The van der Waals surface area contributed by atoms with Gasteiger partial charge in [0.25, 0.3) is 0 Å². The Hall–Kier alpha value is -2.39. The number of sulfonamides is 1. The van der Waals surface area contributed by atoms with Crippen LogP contribution in [0, 0.1) is 0 Å². The molecule has 3 rings (SSSR count). The summed E-state index contributed by atoms with van der Waals surface area (Å²) in [4.78, 5) is 0.120. The van der Waals surface area contributed by atoms with Crippen molar-refractivity contribution in [2.75, 3.05) is 13.7 Å². The molecule has 0 fully saturated rings. The molecule has 0 unspecified atom stereocenters. The largest absolute Gasteiger partial charge is 0.493 e. The third kappa shape index (κ3) is 6.80. The van der Waals surface area contributed by atoms with E-state index >= 15 is 0 Å². The molecule has 3 aromatic carbocycles. The molecule has 0 saturated carbocycles. The van der Waals surface area contributed by atoms with Crippen molar-refractivity contribution in [1.29, 1.82) is 0 Å². The smallest absolute Gasteiger partial charge is 0.238 e. The number of ether oxygens (including phenoxy) is 2. The SMILES string of the molecule is COc1cc(CNCCc2ccc(S(N)(=O)=O)cc2)c(Br)cc1OCc1ccccc1. The van der Waals surface area contributed by atoms with E-state index < -0.39 is 10.0 Å². The number of primary sulfonamides is 1. The Morgan fingerprint density at radius 3 is 2.32 bits per heavy atom. The van der Waals surface area contributed by atoms with E-state index in [0.29, 0.717) is 24.7 Å². The molecule has 0 amide bonds. The summed E-state index contributed by atoms with van der Waals surface area (Å²) in [5.74, 6) is 1.35. The average Bonchev–Trinajstić information content (AvgIpc) is 2.76. The van der Waals surface area contributed by atoms with Crippen molar-refractivity contribution < 1.29 is 17.9 Å². The van der Waals surface area contributed by atoms with Crippen molar-refractivity contribution in [2.24, 2.45) is 5.14 Å². The minimum Gasteiger partial charge on any atom is -0.493 e. The van der Waals surface area contributed by atoms with Crippen LogP contribution in [0.3, 0.4) is 0 Å². The highest BCUT2D eigenvalue weighted by molar-refractivity contribution is 9.10. The van der Waals surface area contributed by atoms with Crippen LogP contribution in [-0.2, 0) is 29.6 Å². The lowest BCUT2D eigenvalue weighted by Crippen LogP contribution is -2.17. The second-order valence-electron chi connectivity index (χ2n) is 6.98. The van der Waals surface area contributed by atoms with E-state index in [9.17, 15) is 8.42 Å². The van der Waals surface area contributed by atoms with Gasteiger partial charge in [0, 0.05) is 11.0 Å². The molecule has 0 aliphatic rings. The monoisotopic (exact) mass is 504 g/mol. The van der Waals surface area contributed by atoms with Gasteiger partial charge in [0.15, 0.2) is 11.5 Å². The zero-order chi connectivity index (χ0) is 22.3. The van der Waals surface area contributed by atoms with Crippen LogP contribution in [0.1, 0.15) is 16.7 Å². The summed E-state index contributed by atoms with van der Waals surface area (Å²) in [5.41, 5.74) is 3.17. The molecular formula is C23H25BrN2O4S. The minimum atomic E-state index is -3.66. The Labute approximate surface area is 191 Å². The molecule has 3 N–H and O–H groups in total. The van der Waals surface area contributed by atoms with Gasteiger partial charge >= 0.3 is 0 Å². The highest BCUT2D eigenvalue weighted by atomic mass is 79.9. The second-order valence-corrected chi connectivity index (χ2v) is 9.40. The van der Waals surface area contributed by atoms with Crippen LogP contribution in [0.4, 0.5) is 0 Å². The third-order valence-corrected chi connectivity index (χ3v) is 6.40. The van der Waals surface area contributed by atoms with Gasteiger partial charge in [-0.15, -0.1) is 0 Å². The second kappa shape index (κ2) is 10.8. The predicted octanol–water partition coefficient (Wildman–Crippen LogP) is 4.02. The molecule has 0 aliphatic carbocycles. The molecule has 0 saturated heterocycles. The van der Waals surface area contributed by atoms with Gasteiger partial charge in [0.2, 0.25) is 10.0 Å². The maximum atomic E-state index is 11.3.